The van der Waals surface area contributed by atoms with Gasteiger partial charge in [-0.05, 0) is 0 Å². The molecule has 0 unspecified atom stereocenters. The van der Waals surface area contributed by atoms with Gasteiger partial charge in [-0.2, -0.15) is 0 Å². The van der Waals surface area contributed by atoms with Gasteiger partial charge in [-0.1, -0.05) is 0 Å². The minimum atomic E-state index is -3.52. The third kappa shape index (κ3) is 11.7. The second kappa shape index (κ2) is 7.04. The standard InChI is InChI=1S/C6H13F2NO4S/c7-6(8)5-13-2-1-12-3-4-14(9,10)11/h6H,1-5H2,(H2,9,10,11). The van der Waals surface area contributed by atoms with Crippen molar-refractivity contribution in [3.05, 3.63) is 0 Å². The molecule has 8 heteroatoms. The van der Waals surface area contributed by atoms with Crippen LogP contribution >= 0.6 is 0 Å². The van der Waals surface area contributed by atoms with Gasteiger partial charge in [-0.25, -0.2) is 22.3 Å². The van der Waals surface area contributed by atoms with Crippen LogP contribution in [0.2, 0.25) is 0 Å². The molecule has 0 fully saturated rings. The van der Waals surface area contributed by atoms with Crippen LogP contribution in [0.15, 0.2) is 0 Å². The summed E-state index contributed by atoms with van der Waals surface area (Å²) in [7, 11) is -3.52. The molecule has 0 aromatic rings. The Labute approximate surface area is 81.2 Å². The first kappa shape index (κ1) is 13.7. The molecule has 0 atom stereocenters. The molecule has 2 N–H and O–H groups in total. The summed E-state index contributed by atoms with van der Waals surface area (Å²) in [6, 6.07) is 0. The fourth-order valence-corrected chi connectivity index (χ4v) is 0.918. The zero-order valence-electron chi connectivity index (χ0n) is 7.49. The lowest BCUT2D eigenvalue weighted by Gasteiger charge is -2.04. The monoisotopic (exact) mass is 233 g/mol. The van der Waals surface area contributed by atoms with Crippen molar-refractivity contribution in [2.45, 2.75) is 6.43 Å². The van der Waals surface area contributed by atoms with Crippen LogP contribution < -0.4 is 5.14 Å². The van der Waals surface area contributed by atoms with Crippen LogP contribution in [0.5, 0.6) is 0 Å². The number of alkyl halides is 2. The number of ether oxygens (including phenoxy) is 2. The molecule has 0 aromatic carbocycles. The van der Waals surface area contributed by atoms with E-state index in [1.165, 1.54) is 0 Å². The molecule has 0 heterocycles. The van der Waals surface area contributed by atoms with Crippen molar-refractivity contribution in [2.75, 3.05) is 32.2 Å². The number of primary sulfonamides is 1. The minimum absolute atomic E-state index is 0.00889. The lowest BCUT2D eigenvalue weighted by Crippen LogP contribution is -2.21. The number of hydrogen-bond acceptors (Lipinski definition) is 4. The highest BCUT2D eigenvalue weighted by Gasteiger charge is 2.03. The summed E-state index contributed by atoms with van der Waals surface area (Å²) in [5, 5.41) is 4.68. The van der Waals surface area contributed by atoms with Gasteiger partial charge in [-0.15, -0.1) is 0 Å². The molecular weight excluding hydrogens is 220 g/mol. The topological polar surface area (TPSA) is 78.6 Å². The maximum absolute atomic E-state index is 11.5. The molecule has 14 heavy (non-hydrogen) atoms. The molecule has 0 aliphatic heterocycles. The number of hydrogen-bond donors (Lipinski definition) is 1. The Bertz CT molecular complexity index is 232. The van der Waals surface area contributed by atoms with Gasteiger partial charge in [0, 0.05) is 0 Å². The average Bonchev–Trinajstić information content (AvgIpc) is 2.00. The highest BCUT2D eigenvalue weighted by Crippen LogP contribution is 1.92. The SMILES string of the molecule is NS(=O)(=O)CCOCCOCC(F)F. The summed E-state index contributed by atoms with van der Waals surface area (Å²) in [6.07, 6.45) is -2.50. The van der Waals surface area contributed by atoms with Crippen molar-refractivity contribution < 1.29 is 26.7 Å². The maximum Gasteiger partial charge on any atom is 0.261 e. The van der Waals surface area contributed by atoms with E-state index in [1.807, 2.05) is 0 Å². The quantitative estimate of drug-likeness (QED) is 0.577. The molecule has 0 saturated heterocycles. The Kier molecular flexibility index (Phi) is 6.89. The molecule has 5 nitrogen and oxygen atoms in total. The summed E-state index contributed by atoms with van der Waals surface area (Å²) >= 11 is 0. The van der Waals surface area contributed by atoms with Gasteiger partial charge in [0.25, 0.3) is 6.43 Å². The van der Waals surface area contributed by atoms with Crippen molar-refractivity contribution in [2.24, 2.45) is 5.14 Å². The number of rotatable bonds is 8. The third-order valence-corrected chi connectivity index (χ3v) is 1.86. The fraction of sp³-hybridized carbons (Fsp3) is 1.00. The Morgan fingerprint density at radius 3 is 2.21 bits per heavy atom. The second-order valence-corrected chi connectivity index (χ2v) is 4.18. The number of halogens is 2. The van der Waals surface area contributed by atoms with Crippen molar-refractivity contribution in [1.82, 2.24) is 0 Å². The molecule has 0 amide bonds. The van der Waals surface area contributed by atoms with E-state index in [4.69, 9.17) is 4.74 Å². The molecule has 0 aliphatic rings. The predicted molar refractivity (Wildman–Crippen MR) is 45.6 cm³/mol. The highest BCUT2D eigenvalue weighted by atomic mass is 32.2. The van der Waals surface area contributed by atoms with Crippen molar-refractivity contribution >= 4 is 10.0 Å². The fourth-order valence-electron chi connectivity index (χ4n) is 0.567. The first-order valence-electron chi connectivity index (χ1n) is 3.86. The van der Waals surface area contributed by atoms with Crippen LogP contribution in [0.4, 0.5) is 8.78 Å². The highest BCUT2D eigenvalue weighted by molar-refractivity contribution is 7.89. The van der Waals surface area contributed by atoms with E-state index in [0.717, 1.165) is 0 Å². The van der Waals surface area contributed by atoms with Crippen LogP contribution in [-0.4, -0.2) is 47.0 Å². The van der Waals surface area contributed by atoms with E-state index in [1.54, 1.807) is 0 Å². The van der Waals surface area contributed by atoms with Gasteiger partial charge in [0.15, 0.2) is 0 Å². The summed E-state index contributed by atoms with van der Waals surface area (Å²) in [6.45, 7) is -0.618. The van der Waals surface area contributed by atoms with E-state index in [-0.39, 0.29) is 25.6 Å². The van der Waals surface area contributed by atoms with Crippen molar-refractivity contribution in [3.63, 3.8) is 0 Å². The predicted octanol–water partition coefficient (Wildman–Crippen LogP) is -0.427. The van der Waals surface area contributed by atoms with Crippen LogP contribution in [-0.2, 0) is 19.5 Å². The molecule has 0 bridgehead atoms. The maximum atomic E-state index is 11.5. The number of sulfonamides is 1. The molecule has 0 aromatic heterocycles. The molecule has 0 rings (SSSR count). The smallest absolute Gasteiger partial charge is 0.261 e. The lowest BCUT2D eigenvalue weighted by molar-refractivity contribution is -0.00709. The number of nitrogens with two attached hydrogens (primary N) is 1. The van der Waals surface area contributed by atoms with E-state index in [9.17, 15) is 17.2 Å². The van der Waals surface area contributed by atoms with Gasteiger partial charge in [0.1, 0.15) is 6.61 Å². The van der Waals surface area contributed by atoms with Crippen LogP contribution in [0.3, 0.4) is 0 Å². The summed E-state index contributed by atoms with van der Waals surface area (Å²) in [5.74, 6) is -0.290. The van der Waals surface area contributed by atoms with Crippen LogP contribution in [0.25, 0.3) is 0 Å². The Balaban J connectivity index is 3.15. The van der Waals surface area contributed by atoms with Crippen LogP contribution in [0, 0.1) is 0 Å². The first-order valence-corrected chi connectivity index (χ1v) is 5.57. The van der Waals surface area contributed by atoms with E-state index >= 15 is 0 Å². The second-order valence-electron chi connectivity index (χ2n) is 2.45. The Hall–Kier alpha value is -0.310. The lowest BCUT2D eigenvalue weighted by atomic mass is 10.7. The minimum Gasteiger partial charge on any atom is -0.378 e. The normalized spacial score (nSPS) is 12.3. The third-order valence-electron chi connectivity index (χ3n) is 1.13. The summed E-state index contributed by atoms with van der Waals surface area (Å²) in [5.41, 5.74) is 0. The Morgan fingerprint density at radius 2 is 1.71 bits per heavy atom. The Morgan fingerprint density at radius 1 is 1.14 bits per heavy atom. The van der Waals surface area contributed by atoms with Gasteiger partial charge < -0.3 is 9.47 Å². The molecule has 0 radical (unpaired) electrons. The zero-order valence-corrected chi connectivity index (χ0v) is 8.30. The molecule has 0 saturated carbocycles. The van der Waals surface area contributed by atoms with E-state index in [2.05, 4.69) is 9.88 Å². The van der Waals surface area contributed by atoms with Crippen LogP contribution in [0.1, 0.15) is 0 Å². The largest absolute Gasteiger partial charge is 0.378 e. The van der Waals surface area contributed by atoms with Gasteiger partial charge in [0.05, 0.1) is 25.6 Å². The van der Waals surface area contributed by atoms with E-state index < -0.39 is 23.1 Å². The zero-order chi connectivity index (χ0) is 11.0. The first-order chi connectivity index (χ1) is 6.42. The summed E-state index contributed by atoms with van der Waals surface area (Å²) in [4.78, 5) is 0. The van der Waals surface area contributed by atoms with Gasteiger partial charge in [0.2, 0.25) is 10.0 Å². The van der Waals surface area contributed by atoms with E-state index in [0.29, 0.717) is 0 Å². The summed E-state index contributed by atoms with van der Waals surface area (Å²) < 4.78 is 53.0. The molecule has 0 spiro atoms. The van der Waals surface area contributed by atoms with Gasteiger partial charge in [-0.3, -0.25) is 0 Å². The molecule has 86 valence electrons. The van der Waals surface area contributed by atoms with Crippen molar-refractivity contribution in [3.8, 4) is 0 Å². The average molecular weight is 233 g/mol. The molecular formula is C6H13F2NO4S. The van der Waals surface area contributed by atoms with Crippen molar-refractivity contribution in [1.29, 1.82) is 0 Å². The van der Waals surface area contributed by atoms with Gasteiger partial charge >= 0.3 is 0 Å². The molecule has 0 aliphatic carbocycles.